The molecule has 0 saturated heterocycles. The Morgan fingerprint density at radius 1 is 0.882 bits per heavy atom. The molecule has 0 fully saturated rings. The molecule has 34 heavy (non-hydrogen) atoms. The van der Waals surface area contributed by atoms with Crippen LogP contribution in [-0.4, -0.2) is 43.3 Å². The smallest absolute Gasteiger partial charge is 0.330 e. The molecular formula is C26H26N2O5S. The maximum absolute atomic E-state index is 12.7. The van der Waals surface area contributed by atoms with Gasteiger partial charge in [0.15, 0.2) is 6.61 Å². The van der Waals surface area contributed by atoms with Crippen molar-refractivity contribution >= 4 is 35.2 Å². The molecule has 0 spiro atoms. The van der Waals surface area contributed by atoms with E-state index in [0.29, 0.717) is 28.5 Å². The van der Waals surface area contributed by atoms with Gasteiger partial charge in [-0.1, -0.05) is 48.5 Å². The largest absolute Gasteiger partial charge is 0.497 e. The number of ether oxygens (including phenoxy) is 2. The predicted octanol–water partition coefficient (Wildman–Crippen LogP) is 3.91. The van der Waals surface area contributed by atoms with Crippen LogP contribution in [0, 0.1) is 0 Å². The molecule has 3 rings (SSSR count). The molecule has 0 unspecified atom stereocenters. The number of rotatable bonds is 11. The van der Waals surface area contributed by atoms with E-state index in [9.17, 15) is 14.4 Å². The molecule has 0 aliphatic heterocycles. The van der Waals surface area contributed by atoms with Gasteiger partial charge in [0.1, 0.15) is 11.8 Å². The van der Waals surface area contributed by atoms with Crippen LogP contribution in [0.15, 0.2) is 84.9 Å². The third-order valence-electron chi connectivity index (χ3n) is 4.74. The highest BCUT2D eigenvalue weighted by Crippen LogP contribution is 2.16. The van der Waals surface area contributed by atoms with E-state index in [1.807, 2.05) is 30.3 Å². The first-order valence-electron chi connectivity index (χ1n) is 10.6. The van der Waals surface area contributed by atoms with E-state index in [4.69, 9.17) is 9.47 Å². The number of benzene rings is 3. The molecular weight excluding hydrogens is 452 g/mol. The molecule has 176 valence electrons. The van der Waals surface area contributed by atoms with E-state index in [1.165, 1.54) is 11.8 Å². The van der Waals surface area contributed by atoms with Gasteiger partial charge in [0.25, 0.3) is 11.8 Å². The normalized spacial score (nSPS) is 11.2. The van der Waals surface area contributed by atoms with Crippen LogP contribution in [0.3, 0.4) is 0 Å². The summed E-state index contributed by atoms with van der Waals surface area (Å²) in [7, 11) is 1.55. The molecule has 1 atom stereocenters. The highest BCUT2D eigenvalue weighted by Gasteiger charge is 2.24. The van der Waals surface area contributed by atoms with Gasteiger partial charge < -0.3 is 20.1 Å². The lowest BCUT2D eigenvalue weighted by atomic mass is 10.2. The Hall–Kier alpha value is -3.78. The summed E-state index contributed by atoms with van der Waals surface area (Å²) in [6.45, 7) is -0.466. The molecule has 3 aromatic carbocycles. The monoisotopic (exact) mass is 478 g/mol. The van der Waals surface area contributed by atoms with Gasteiger partial charge in [-0.3, -0.25) is 9.59 Å². The summed E-state index contributed by atoms with van der Waals surface area (Å²) in [6.07, 6.45) is 0. The number of nitrogens with one attached hydrogen (secondary N) is 2. The predicted molar refractivity (Wildman–Crippen MR) is 133 cm³/mol. The number of carbonyl (C=O) groups excluding carboxylic acids is 3. The van der Waals surface area contributed by atoms with E-state index in [1.54, 1.807) is 61.7 Å². The summed E-state index contributed by atoms with van der Waals surface area (Å²) in [5.41, 5.74) is 2.09. The lowest BCUT2D eigenvalue weighted by molar-refractivity contribution is -0.148. The third kappa shape index (κ3) is 7.97. The Labute approximate surface area is 202 Å². The van der Waals surface area contributed by atoms with E-state index < -0.39 is 24.5 Å². The van der Waals surface area contributed by atoms with Gasteiger partial charge in [-0.05, 0) is 42.0 Å². The average Bonchev–Trinajstić information content (AvgIpc) is 2.88. The molecule has 0 radical (unpaired) electrons. The van der Waals surface area contributed by atoms with Crippen molar-refractivity contribution in [1.29, 1.82) is 0 Å². The third-order valence-corrected chi connectivity index (χ3v) is 5.85. The van der Waals surface area contributed by atoms with Crippen LogP contribution >= 0.6 is 11.8 Å². The summed E-state index contributed by atoms with van der Waals surface area (Å²) in [5, 5.41) is 5.38. The Bertz CT molecular complexity index is 1080. The molecule has 0 aliphatic rings. The second-order valence-electron chi connectivity index (χ2n) is 7.28. The number of amides is 2. The first kappa shape index (κ1) is 24.9. The summed E-state index contributed by atoms with van der Waals surface area (Å²) in [6, 6.07) is 24.3. The zero-order valence-corrected chi connectivity index (χ0v) is 19.5. The van der Waals surface area contributed by atoms with E-state index in [2.05, 4.69) is 10.6 Å². The Morgan fingerprint density at radius 2 is 1.53 bits per heavy atom. The minimum absolute atomic E-state index is 0.298. The fourth-order valence-electron chi connectivity index (χ4n) is 2.98. The number of hydrogen-bond acceptors (Lipinski definition) is 6. The van der Waals surface area contributed by atoms with Gasteiger partial charge in [-0.2, -0.15) is 11.8 Å². The van der Waals surface area contributed by atoms with E-state index in [0.717, 1.165) is 5.56 Å². The van der Waals surface area contributed by atoms with Gasteiger partial charge in [0, 0.05) is 22.8 Å². The van der Waals surface area contributed by atoms with Crippen LogP contribution in [0.5, 0.6) is 5.75 Å². The maximum atomic E-state index is 12.7. The first-order chi connectivity index (χ1) is 16.5. The number of esters is 1. The van der Waals surface area contributed by atoms with Crippen molar-refractivity contribution in [1.82, 2.24) is 5.32 Å². The summed E-state index contributed by atoms with van der Waals surface area (Å²) in [4.78, 5) is 37.6. The summed E-state index contributed by atoms with van der Waals surface area (Å²) in [5.74, 6) is 0.0919. The number of hydrogen-bond donors (Lipinski definition) is 2. The van der Waals surface area contributed by atoms with Crippen molar-refractivity contribution in [2.24, 2.45) is 0 Å². The minimum atomic E-state index is -0.907. The SMILES string of the molecule is COc1ccc(NC(=O)COC(=O)[C@H](CSCc2ccccc2)NC(=O)c2ccccc2)cc1. The van der Waals surface area contributed by atoms with Gasteiger partial charge in [0.05, 0.1) is 7.11 Å². The number of carbonyl (C=O) groups is 3. The number of thioether (sulfide) groups is 1. The number of anilines is 1. The van der Waals surface area contributed by atoms with Crippen molar-refractivity contribution in [2.45, 2.75) is 11.8 Å². The molecule has 0 aromatic heterocycles. The molecule has 2 amide bonds. The second kappa shape index (κ2) is 13.1. The maximum Gasteiger partial charge on any atom is 0.330 e. The second-order valence-corrected chi connectivity index (χ2v) is 8.31. The Balaban J connectivity index is 1.56. The highest BCUT2D eigenvalue weighted by molar-refractivity contribution is 7.98. The van der Waals surface area contributed by atoms with Gasteiger partial charge in [-0.15, -0.1) is 0 Å². The average molecular weight is 479 g/mol. The van der Waals surface area contributed by atoms with Crippen molar-refractivity contribution in [3.05, 3.63) is 96.1 Å². The van der Waals surface area contributed by atoms with Gasteiger partial charge >= 0.3 is 5.97 Å². The number of methoxy groups -OCH3 is 1. The topological polar surface area (TPSA) is 93.7 Å². The van der Waals surface area contributed by atoms with Crippen LogP contribution in [0.25, 0.3) is 0 Å². The first-order valence-corrected chi connectivity index (χ1v) is 11.8. The molecule has 8 heteroatoms. The van der Waals surface area contributed by atoms with Crippen LogP contribution < -0.4 is 15.4 Å². The zero-order valence-electron chi connectivity index (χ0n) is 18.7. The summed E-state index contributed by atoms with van der Waals surface area (Å²) < 4.78 is 10.3. The molecule has 0 aliphatic carbocycles. The standard InChI is InChI=1S/C26H26N2O5S/c1-32-22-14-12-21(13-15-22)27-24(29)16-33-26(31)23(18-34-17-19-8-4-2-5-9-19)28-25(30)20-10-6-3-7-11-20/h2-15,23H,16-18H2,1H3,(H,27,29)(H,28,30)/t23-/m0/s1. The lowest BCUT2D eigenvalue weighted by Gasteiger charge is -2.17. The van der Waals surface area contributed by atoms with Crippen molar-refractivity contribution in [3.63, 3.8) is 0 Å². The molecule has 7 nitrogen and oxygen atoms in total. The Kier molecular flexibility index (Phi) is 9.54. The van der Waals surface area contributed by atoms with E-state index >= 15 is 0 Å². The summed E-state index contributed by atoms with van der Waals surface area (Å²) >= 11 is 1.49. The molecule has 0 bridgehead atoms. The minimum Gasteiger partial charge on any atom is -0.497 e. The molecule has 0 saturated carbocycles. The van der Waals surface area contributed by atoms with Gasteiger partial charge in [-0.25, -0.2) is 4.79 Å². The quantitative estimate of drug-likeness (QED) is 0.406. The van der Waals surface area contributed by atoms with Crippen LogP contribution in [0.2, 0.25) is 0 Å². The highest BCUT2D eigenvalue weighted by atomic mass is 32.2. The van der Waals surface area contributed by atoms with Crippen LogP contribution in [0.1, 0.15) is 15.9 Å². The molecule has 2 N–H and O–H groups in total. The van der Waals surface area contributed by atoms with Crippen LogP contribution in [0.4, 0.5) is 5.69 Å². The van der Waals surface area contributed by atoms with Crippen LogP contribution in [-0.2, 0) is 20.1 Å². The molecule has 3 aromatic rings. The fourth-order valence-corrected chi connectivity index (χ4v) is 3.98. The molecule has 0 heterocycles. The van der Waals surface area contributed by atoms with Gasteiger partial charge in [0.2, 0.25) is 0 Å². The lowest BCUT2D eigenvalue weighted by Crippen LogP contribution is -2.44. The fraction of sp³-hybridized carbons (Fsp3) is 0.192. The van der Waals surface area contributed by atoms with Crippen molar-refractivity contribution in [3.8, 4) is 5.75 Å². The van der Waals surface area contributed by atoms with Crippen molar-refractivity contribution in [2.75, 3.05) is 24.8 Å². The van der Waals surface area contributed by atoms with Crippen molar-refractivity contribution < 1.29 is 23.9 Å². The van der Waals surface area contributed by atoms with E-state index in [-0.39, 0.29) is 5.91 Å². The Morgan fingerprint density at radius 3 is 2.18 bits per heavy atom. The zero-order chi connectivity index (χ0) is 24.2.